The Labute approximate surface area is 165 Å². The number of thiophene rings is 1. The minimum Gasteiger partial charge on any atom is -0.378 e. The molecule has 27 heavy (non-hydrogen) atoms. The van der Waals surface area contributed by atoms with E-state index in [-0.39, 0.29) is 11.8 Å². The first-order chi connectivity index (χ1) is 13.0. The summed E-state index contributed by atoms with van der Waals surface area (Å²) in [4.78, 5) is 31.2. The third-order valence-corrected chi connectivity index (χ3v) is 5.47. The number of aromatic nitrogens is 1. The van der Waals surface area contributed by atoms with Crippen molar-refractivity contribution in [3.63, 3.8) is 0 Å². The van der Waals surface area contributed by atoms with Crippen molar-refractivity contribution in [2.45, 2.75) is 12.8 Å². The highest BCUT2D eigenvalue weighted by molar-refractivity contribution is 7.14. The molecule has 0 fully saturated rings. The average Bonchev–Trinajstić information content (AvgIpc) is 3.32. The number of nitrogens with one attached hydrogen (secondary N) is 2. The number of benzene rings is 1. The van der Waals surface area contributed by atoms with Gasteiger partial charge in [0.05, 0.1) is 10.6 Å². The van der Waals surface area contributed by atoms with Crippen LogP contribution in [0.4, 0.5) is 16.5 Å². The lowest BCUT2D eigenvalue weighted by Gasteiger charge is -2.13. The van der Waals surface area contributed by atoms with Crippen molar-refractivity contribution in [1.29, 1.82) is 0 Å². The van der Waals surface area contributed by atoms with E-state index in [1.165, 1.54) is 22.7 Å². The van der Waals surface area contributed by atoms with E-state index < -0.39 is 0 Å². The second-order valence-corrected chi connectivity index (χ2v) is 7.87. The van der Waals surface area contributed by atoms with E-state index in [0.29, 0.717) is 22.9 Å². The summed E-state index contributed by atoms with van der Waals surface area (Å²) in [5, 5.41) is 9.93. The van der Waals surface area contributed by atoms with Gasteiger partial charge in [-0.3, -0.25) is 14.9 Å². The Hall–Kier alpha value is -2.71. The van der Waals surface area contributed by atoms with Crippen LogP contribution in [0.1, 0.15) is 21.8 Å². The van der Waals surface area contributed by atoms with Crippen LogP contribution in [0.2, 0.25) is 0 Å². The van der Waals surface area contributed by atoms with Crippen molar-refractivity contribution >= 4 is 51.0 Å². The van der Waals surface area contributed by atoms with E-state index >= 15 is 0 Å². The molecular weight excluding hydrogens is 380 g/mol. The molecule has 0 bridgehead atoms. The first-order valence-electron chi connectivity index (χ1n) is 8.38. The Balaban J connectivity index is 1.47. The maximum atomic E-state index is 12.1. The number of hydrogen-bond donors (Lipinski definition) is 2. The van der Waals surface area contributed by atoms with Crippen LogP contribution in [-0.4, -0.2) is 30.9 Å². The van der Waals surface area contributed by atoms with E-state index in [4.69, 9.17) is 0 Å². The van der Waals surface area contributed by atoms with E-state index in [9.17, 15) is 9.59 Å². The van der Waals surface area contributed by atoms with Crippen LogP contribution in [0, 0.1) is 0 Å². The number of hydrogen-bond acceptors (Lipinski definition) is 6. The Bertz CT molecular complexity index is 902. The molecule has 2 amide bonds. The zero-order valence-corrected chi connectivity index (χ0v) is 16.7. The molecule has 0 atom stereocenters. The average molecular weight is 401 g/mol. The van der Waals surface area contributed by atoms with E-state index in [1.54, 1.807) is 6.07 Å². The molecule has 0 saturated heterocycles. The smallest absolute Gasteiger partial charge is 0.267 e. The van der Waals surface area contributed by atoms with Crippen LogP contribution in [-0.2, 0) is 11.2 Å². The lowest BCUT2D eigenvalue weighted by molar-refractivity contribution is -0.116. The molecule has 2 N–H and O–H groups in total. The topological polar surface area (TPSA) is 74.3 Å². The molecule has 0 aliphatic carbocycles. The molecule has 8 heteroatoms. The molecule has 0 saturated carbocycles. The second kappa shape index (κ2) is 8.79. The number of nitrogens with zero attached hydrogens (tertiary/aromatic N) is 2. The molecule has 2 heterocycles. The fraction of sp³-hybridized carbons (Fsp3) is 0.211. The highest BCUT2D eigenvalue weighted by Crippen LogP contribution is 2.19. The van der Waals surface area contributed by atoms with E-state index in [1.807, 2.05) is 60.1 Å². The zero-order chi connectivity index (χ0) is 19.2. The van der Waals surface area contributed by atoms with Gasteiger partial charge in [0, 0.05) is 37.3 Å². The van der Waals surface area contributed by atoms with Crippen molar-refractivity contribution in [3.05, 3.63) is 57.7 Å². The summed E-state index contributed by atoms with van der Waals surface area (Å²) in [5.41, 5.74) is 2.64. The molecule has 0 aliphatic heterocycles. The predicted molar refractivity (Wildman–Crippen MR) is 112 cm³/mol. The molecule has 140 valence electrons. The number of carbonyl (C=O) groups excluding carboxylic acids is 2. The third-order valence-electron chi connectivity index (χ3n) is 3.79. The molecule has 1 aromatic carbocycles. The summed E-state index contributed by atoms with van der Waals surface area (Å²) < 4.78 is 0. The molecule has 6 nitrogen and oxygen atoms in total. The number of thiazole rings is 1. The molecule has 0 spiro atoms. The van der Waals surface area contributed by atoms with Crippen LogP contribution < -0.4 is 15.5 Å². The van der Waals surface area contributed by atoms with Crippen LogP contribution in [0.5, 0.6) is 0 Å². The molecule has 2 aromatic heterocycles. The van der Waals surface area contributed by atoms with Crippen LogP contribution in [0.15, 0.2) is 47.2 Å². The molecule has 0 aliphatic rings. The Morgan fingerprint density at radius 3 is 2.52 bits per heavy atom. The monoisotopic (exact) mass is 400 g/mol. The normalized spacial score (nSPS) is 10.4. The van der Waals surface area contributed by atoms with Gasteiger partial charge < -0.3 is 10.2 Å². The molecule has 3 rings (SSSR count). The molecule has 0 unspecified atom stereocenters. The number of carbonyl (C=O) groups is 2. The number of amides is 2. The van der Waals surface area contributed by atoms with Crippen LogP contribution in [0.25, 0.3) is 0 Å². The molecular formula is C19H20N4O2S2. The molecule has 3 aromatic rings. The standard InChI is InChI=1S/C19H20N4O2S2/c1-23(2)15-8-5-13(6-9-15)20-17(24)10-7-14-12-27-19(21-14)22-18(25)16-4-3-11-26-16/h3-6,8-9,11-12H,7,10H2,1-2H3,(H,20,24)(H,21,22,25). The zero-order valence-electron chi connectivity index (χ0n) is 15.1. The van der Waals surface area contributed by atoms with Crippen molar-refractivity contribution in [2.75, 3.05) is 29.6 Å². The number of aryl methyl sites for hydroxylation is 1. The summed E-state index contributed by atoms with van der Waals surface area (Å²) >= 11 is 2.74. The Kier molecular flexibility index (Phi) is 6.20. The van der Waals surface area contributed by atoms with Gasteiger partial charge in [-0.1, -0.05) is 6.07 Å². The third kappa shape index (κ3) is 5.38. The van der Waals surface area contributed by atoms with Gasteiger partial charge in [0.25, 0.3) is 5.91 Å². The highest BCUT2D eigenvalue weighted by Gasteiger charge is 2.11. The van der Waals surface area contributed by atoms with Gasteiger partial charge in [0.1, 0.15) is 0 Å². The maximum absolute atomic E-state index is 12.1. The minimum atomic E-state index is -0.162. The fourth-order valence-corrected chi connectivity index (χ4v) is 3.71. The summed E-state index contributed by atoms with van der Waals surface area (Å²) in [5.74, 6) is -0.227. The summed E-state index contributed by atoms with van der Waals surface area (Å²) in [6.07, 6.45) is 0.852. The van der Waals surface area contributed by atoms with Crippen LogP contribution in [0.3, 0.4) is 0 Å². The number of rotatable bonds is 7. The predicted octanol–water partition coefficient (Wildman–Crippen LogP) is 4.09. The van der Waals surface area contributed by atoms with Gasteiger partial charge in [0.15, 0.2) is 5.13 Å². The van der Waals surface area contributed by atoms with Gasteiger partial charge >= 0.3 is 0 Å². The van der Waals surface area contributed by atoms with E-state index in [0.717, 1.165) is 17.1 Å². The largest absolute Gasteiger partial charge is 0.378 e. The van der Waals surface area contributed by atoms with E-state index in [2.05, 4.69) is 15.6 Å². The minimum absolute atomic E-state index is 0.0650. The highest BCUT2D eigenvalue weighted by atomic mass is 32.1. The Morgan fingerprint density at radius 1 is 1.07 bits per heavy atom. The number of anilines is 3. The fourth-order valence-electron chi connectivity index (χ4n) is 2.35. The first kappa shape index (κ1) is 19.1. The van der Waals surface area contributed by atoms with Gasteiger partial charge in [0.2, 0.25) is 5.91 Å². The first-order valence-corrected chi connectivity index (χ1v) is 10.1. The lowest BCUT2D eigenvalue weighted by Crippen LogP contribution is -2.13. The maximum Gasteiger partial charge on any atom is 0.267 e. The van der Waals surface area contributed by atoms with Crippen molar-refractivity contribution in [3.8, 4) is 0 Å². The Morgan fingerprint density at radius 2 is 1.85 bits per heavy atom. The van der Waals surface area contributed by atoms with Gasteiger partial charge in [-0.05, 0) is 42.1 Å². The van der Waals surface area contributed by atoms with Crippen molar-refractivity contribution in [2.24, 2.45) is 0 Å². The van der Waals surface area contributed by atoms with Crippen LogP contribution >= 0.6 is 22.7 Å². The summed E-state index contributed by atoms with van der Waals surface area (Å²) in [6, 6.07) is 11.3. The van der Waals surface area contributed by atoms with Gasteiger partial charge in [-0.2, -0.15) is 0 Å². The SMILES string of the molecule is CN(C)c1ccc(NC(=O)CCc2csc(NC(=O)c3cccs3)n2)cc1. The van der Waals surface area contributed by atoms with Crippen molar-refractivity contribution in [1.82, 2.24) is 4.98 Å². The van der Waals surface area contributed by atoms with Crippen molar-refractivity contribution < 1.29 is 9.59 Å². The quantitative estimate of drug-likeness (QED) is 0.626. The summed E-state index contributed by atoms with van der Waals surface area (Å²) in [7, 11) is 3.94. The summed E-state index contributed by atoms with van der Waals surface area (Å²) in [6.45, 7) is 0. The lowest BCUT2D eigenvalue weighted by atomic mass is 10.2. The molecule has 0 radical (unpaired) electrons. The van der Waals surface area contributed by atoms with Gasteiger partial charge in [-0.15, -0.1) is 22.7 Å². The van der Waals surface area contributed by atoms with Gasteiger partial charge in [-0.25, -0.2) is 4.98 Å². The second-order valence-electron chi connectivity index (χ2n) is 6.06.